The summed E-state index contributed by atoms with van der Waals surface area (Å²) in [5.74, 6) is -1.76. The average molecular weight is 581 g/mol. The number of carboxylic acid groups (broad SMARTS) is 1. The van der Waals surface area contributed by atoms with Crippen molar-refractivity contribution < 1.29 is 36.3 Å². The summed E-state index contributed by atoms with van der Waals surface area (Å²) in [5.41, 5.74) is 1.12. The smallest absolute Gasteiger partial charge is 0.338 e. The molecule has 0 aliphatic heterocycles. The number of hydrogen-bond acceptors (Lipinski definition) is 11. The summed E-state index contributed by atoms with van der Waals surface area (Å²) < 4.78 is 50.5. The van der Waals surface area contributed by atoms with Gasteiger partial charge in [0.2, 0.25) is 0 Å². The number of methoxy groups -OCH3 is 1. The predicted molar refractivity (Wildman–Crippen MR) is 140 cm³/mol. The van der Waals surface area contributed by atoms with Crippen LogP contribution in [0.4, 0.5) is 0 Å². The molecule has 0 amide bonds. The van der Waals surface area contributed by atoms with E-state index in [4.69, 9.17) is 5.11 Å². The fraction of sp³-hybridized carbons (Fsp3) is 0.130. The number of sulfone groups is 2. The van der Waals surface area contributed by atoms with E-state index in [0.29, 0.717) is 21.1 Å². The molecule has 0 atom stereocenters. The van der Waals surface area contributed by atoms with Gasteiger partial charge in [0.15, 0.2) is 19.7 Å². The van der Waals surface area contributed by atoms with E-state index in [-0.39, 0.29) is 20.9 Å². The fourth-order valence-electron chi connectivity index (χ4n) is 3.05. The molecule has 2 aromatic carbocycles. The van der Waals surface area contributed by atoms with Crippen LogP contribution in [0.2, 0.25) is 0 Å². The van der Waals surface area contributed by atoms with Gasteiger partial charge in [-0.25, -0.2) is 36.4 Å². The second-order valence-electron chi connectivity index (χ2n) is 7.43. The third kappa shape index (κ3) is 6.85. The van der Waals surface area contributed by atoms with E-state index in [1.807, 2.05) is 0 Å². The highest BCUT2D eigenvalue weighted by Gasteiger charge is 2.19. The first-order valence-electron chi connectivity index (χ1n) is 10.1. The van der Waals surface area contributed by atoms with Crippen molar-refractivity contribution >= 4 is 54.3 Å². The Bertz CT molecular complexity index is 1640. The van der Waals surface area contributed by atoms with Crippen molar-refractivity contribution in [3.63, 3.8) is 0 Å². The zero-order valence-corrected chi connectivity index (χ0v) is 22.9. The van der Waals surface area contributed by atoms with Crippen molar-refractivity contribution in [3.05, 3.63) is 70.7 Å². The van der Waals surface area contributed by atoms with Gasteiger partial charge in [0.1, 0.15) is 10.0 Å². The van der Waals surface area contributed by atoms with E-state index >= 15 is 0 Å². The lowest BCUT2D eigenvalue weighted by atomic mass is 10.1. The van der Waals surface area contributed by atoms with Crippen LogP contribution in [-0.2, 0) is 24.4 Å². The number of esters is 1. The molecule has 0 saturated carbocycles. The van der Waals surface area contributed by atoms with Crippen molar-refractivity contribution in [3.8, 4) is 21.1 Å². The van der Waals surface area contributed by atoms with Gasteiger partial charge < -0.3 is 9.84 Å². The zero-order valence-electron chi connectivity index (χ0n) is 19.6. The highest BCUT2D eigenvalue weighted by molar-refractivity contribution is 7.91. The number of carbonyl (C=O) groups excluding carboxylic acids is 1. The molecule has 10 nitrogen and oxygen atoms in total. The minimum absolute atomic E-state index is 0.0137. The second-order valence-corrected chi connectivity index (χ2v) is 13.3. The summed E-state index contributed by atoms with van der Waals surface area (Å²) in [6.45, 7) is 0. The number of rotatable bonds is 6. The summed E-state index contributed by atoms with van der Waals surface area (Å²) >= 11 is 2.66. The molecule has 0 radical (unpaired) electrons. The van der Waals surface area contributed by atoms with Crippen molar-refractivity contribution in [1.29, 1.82) is 0 Å². The summed E-state index contributed by atoms with van der Waals surface area (Å²) in [6, 6.07) is 8.36. The molecule has 14 heteroatoms. The second kappa shape index (κ2) is 11.3. The number of aromatic nitrogens is 2. The number of benzene rings is 2. The average Bonchev–Trinajstić information content (AvgIpc) is 3.57. The molecule has 0 unspecified atom stereocenters. The maximum Gasteiger partial charge on any atom is 0.338 e. The van der Waals surface area contributed by atoms with E-state index < -0.39 is 31.6 Å². The Balaban J connectivity index is 0.000000206. The maximum atomic E-state index is 11.8. The van der Waals surface area contributed by atoms with E-state index in [2.05, 4.69) is 14.7 Å². The Morgan fingerprint density at radius 2 is 1.22 bits per heavy atom. The SMILES string of the molecule is COC(=O)c1cc(S(C)(=O)=O)ccc1-c1nccs1.CS(=O)(=O)c1ccc(-c2nccs2)c(C(=O)O)c1. The number of aromatic carboxylic acids is 1. The standard InChI is InChI=1S/C12H11NO4S2.C11H9NO4S2/c1-17-12(14)10-7-8(19(2,15)16)3-4-9(10)11-13-5-6-18-11;1-18(15,16)7-2-3-8(9(6-7)11(13)14)10-12-4-5-17-10/h3-7H,1-2H3;2-6H,1H3,(H,13,14). The molecule has 4 rings (SSSR count). The number of carboxylic acids is 1. The summed E-state index contributed by atoms with van der Waals surface area (Å²) in [7, 11) is -5.55. The monoisotopic (exact) mass is 580 g/mol. The van der Waals surface area contributed by atoms with Crippen LogP contribution >= 0.6 is 22.7 Å². The van der Waals surface area contributed by atoms with Gasteiger partial charge >= 0.3 is 11.9 Å². The Kier molecular flexibility index (Phi) is 8.58. The lowest BCUT2D eigenvalue weighted by Gasteiger charge is -2.07. The molecule has 1 N–H and O–H groups in total. The largest absolute Gasteiger partial charge is 0.478 e. The van der Waals surface area contributed by atoms with Crippen molar-refractivity contribution in [2.24, 2.45) is 0 Å². The van der Waals surface area contributed by atoms with Gasteiger partial charge in [-0.05, 0) is 36.4 Å². The van der Waals surface area contributed by atoms with Crippen LogP contribution in [0.15, 0.2) is 69.3 Å². The molecule has 0 bridgehead atoms. The molecule has 37 heavy (non-hydrogen) atoms. The zero-order chi connectivity index (χ0) is 27.4. The molecular formula is C23H20N2O8S4. The van der Waals surface area contributed by atoms with Crippen LogP contribution in [0.25, 0.3) is 21.1 Å². The minimum Gasteiger partial charge on any atom is -0.478 e. The lowest BCUT2D eigenvalue weighted by Crippen LogP contribution is -2.06. The molecule has 2 aromatic heterocycles. The predicted octanol–water partition coefficient (Wildman–Crippen LogP) is 3.91. The Morgan fingerprint density at radius 3 is 1.57 bits per heavy atom. The van der Waals surface area contributed by atoms with E-state index in [1.165, 1.54) is 54.0 Å². The Morgan fingerprint density at radius 1 is 0.784 bits per heavy atom. The van der Waals surface area contributed by atoms with E-state index in [0.717, 1.165) is 18.6 Å². The molecule has 194 valence electrons. The highest BCUT2D eigenvalue weighted by atomic mass is 32.2. The number of ether oxygens (including phenoxy) is 1. The summed E-state index contributed by atoms with van der Waals surface area (Å²) in [5, 5.41) is 13.8. The maximum absolute atomic E-state index is 11.8. The van der Waals surface area contributed by atoms with Gasteiger partial charge in [-0.3, -0.25) is 0 Å². The quantitative estimate of drug-likeness (QED) is 0.331. The van der Waals surface area contributed by atoms with E-state index in [9.17, 15) is 26.4 Å². The molecule has 0 aliphatic rings. The van der Waals surface area contributed by atoms with Gasteiger partial charge in [-0.2, -0.15) is 0 Å². The first-order valence-corrected chi connectivity index (χ1v) is 15.7. The first-order chi connectivity index (χ1) is 17.3. The molecule has 0 spiro atoms. The van der Waals surface area contributed by atoms with Gasteiger partial charge in [-0.1, -0.05) is 0 Å². The summed E-state index contributed by atoms with van der Waals surface area (Å²) in [4.78, 5) is 31.2. The van der Waals surface area contributed by atoms with Crippen molar-refractivity contribution in [1.82, 2.24) is 9.97 Å². The summed E-state index contributed by atoms with van der Waals surface area (Å²) in [6.07, 6.45) is 5.31. The minimum atomic E-state index is -3.42. The number of nitrogens with zero attached hydrogens (tertiary/aromatic N) is 2. The molecule has 0 aliphatic carbocycles. The van der Waals surface area contributed by atoms with Crippen LogP contribution in [-0.4, -0.2) is 63.5 Å². The van der Waals surface area contributed by atoms with Crippen LogP contribution in [0.3, 0.4) is 0 Å². The van der Waals surface area contributed by atoms with Crippen molar-refractivity contribution in [2.75, 3.05) is 19.6 Å². The Labute approximate surface area is 221 Å². The van der Waals surface area contributed by atoms with Crippen LogP contribution in [0.1, 0.15) is 20.7 Å². The highest BCUT2D eigenvalue weighted by Crippen LogP contribution is 2.29. The van der Waals surface area contributed by atoms with Crippen LogP contribution in [0, 0.1) is 0 Å². The third-order valence-corrected chi connectivity index (χ3v) is 8.63. The topological polar surface area (TPSA) is 158 Å². The molecular weight excluding hydrogens is 561 g/mol. The number of carbonyl (C=O) groups is 2. The van der Waals surface area contributed by atoms with Gasteiger partial charge in [0.25, 0.3) is 0 Å². The van der Waals surface area contributed by atoms with Gasteiger partial charge in [-0.15, -0.1) is 22.7 Å². The van der Waals surface area contributed by atoms with Crippen LogP contribution < -0.4 is 0 Å². The number of hydrogen-bond donors (Lipinski definition) is 1. The molecule has 2 heterocycles. The lowest BCUT2D eigenvalue weighted by molar-refractivity contribution is 0.0600. The molecule has 0 saturated heterocycles. The normalized spacial score (nSPS) is 11.3. The number of thiazole rings is 2. The molecule has 4 aromatic rings. The molecule has 0 fully saturated rings. The van der Waals surface area contributed by atoms with Crippen molar-refractivity contribution in [2.45, 2.75) is 9.79 Å². The fourth-order valence-corrected chi connectivity index (χ4v) is 5.70. The van der Waals surface area contributed by atoms with Gasteiger partial charge in [0.05, 0.1) is 28.0 Å². The third-order valence-electron chi connectivity index (χ3n) is 4.80. The van der Waals surface area contributed by atoms with Crippen LogP contribution in [0.5, 0.6) is 0 Å². The van der Waals surface area contributed by atoms with E-state index in [1.54, 1.807) is 29.2 Å². The van der Waals surface area contributed by atoms with Gasteiger partial charge in [0, 0.05) is 46.8 Å². The first kappa shape index (κ1) is 28.1. The Hall–Kier alpha value is -3.46.